The predicted molar refractivity (Wildman–Crippen MR) is 80.7 cm³/mol. The Bertz CT molecular complexity index is 393. The van der Waals surface area contributed by atoms with Crippen LogP contribution in [0.25, 0.3) is 0 Å². The largest absolute Gasteiger partial charge is 0.355 e. The quantitative estimate of drug-likeness (QED) is 0.898. The van der Waals surface area contributed by atoms with E-state index in [9.17, 15) is 0 Å². The number of aromatic nitrogens is 1. The average Bonchev–Trinajstić information content (AvgIpc) is 2.64. The molecule has 1 fully saturated rings. The molecule has 106 valence electrons. The third-order valence-electron chi connectivity index (χ3n) is 3.81. The Kier molecular flexibility index (Phi) is 5.16. The van der Waals surface area contributed by atoms with Crippen LogP contribution in [-0.2, 0) is 0 Å². The summed E-state index contributed by atoms with van der Waals surface area (Å²) in [5.74, 6) is 1.16. The van der Waals surface area contributed by atoms with Crippen molar-refractivity contribution in [3.05, 3.63) is 23.9 Å². The van der Waals surface area contributed by atoms with Gasteiger partial charge in [-0.2, -0.15) is 0 Å². The Balaban J connectivity index is 2.18. The zero-order valence-corrected chi connectivity index (χ0v) is 12.4. The van der Waals surface area contributed by atoms with Gasteiger partial charge in [-0.05, 0) is 39.5 Å². The lowest BCUT2D eigenvalue weighted by atomic mass is 10.1. The number of hydrogen-bond donors (Lipinski definition) is 1. The summed E-state index contributed by atoms with van der Waals surface area (Å²) in [4.78, 5) is 9.48. The zero-order chi connectivity index (χ0) is 13.7. The van der Waals surface area contributed by atoms with Gasteiger partial charge in [-0.3, -0.25) is 0 Å². The monoisotopic (exact) mass is 262 g/mol. The molecule has 1 unspecified atom stereocenters. The van der Waals surface area contributed by atoms with Crippen LogP contribution in [0, 0.1) is 0 Å². The summed E-state index contributed by atoms with van der Waals surface area (Å²) in [5.41, 5.74) is 1.31. The third kappa shape index (κ3) is 3.67. The van der Waals surface area contributed by atoms with Crippen LogP contribution in [0.2, 0.25) is 0 Å². The summed E-state index contributed by atoms with van der Waals surface area (Å²) in [6.07, 6.45) is 3.12. The lowest BCUT2D eigenvalue weighted by Gasteiger charge is -2.26. The molecule has 2 heterocycles. The molecule has 1 N–H and O–H groups in total. The first kappa shape index (κ1) is 14.3. The van der Waals surface area contributed by atoms with E-state index in [1.54, 1.807) is 0 Å². The van der Waals surface area contributed by atoms with E-state index in [1.165, 1.54) is 18.5 Å². The highest BCUT2D eigenvalue weighted by Gasteiger charge is 2.18. The van der Waals surface area contributed by atoms with E-state index in [-0.39, 0.29) is 0 Å². The van der Waals surface area contributed by atoms with Crippen molar-refractivity contribution < 1.29 is 0 Å². The Morgan fingerprint density at radius 1 is 1.32 bits per heavy atom. The van der Waals surface area contributed by atoms with Crippen LogP contribution in [0.15, 0.2) is 18.3 Å². The van der Waals surface area contributed by atoms with Gasteiger partial charge >= 0.3 is 0 Å². The van der Waals surface area contributed by atoms with Crippen molar-refractivity contribution in [1.29, 1.82) is 0 Å². The van der Waals surface area contributed by atoms with E-state index < -0.39 is 0 Å². The molecule has 4 nitrogen and oxygen atoms in total. The van der Waals surface area contributed by atoms with Crippen molar-refractivity contribution >= 4 is 5.82 Å². The van der Waals surface area contributed by atoms with Gasteiger partial charge < -0.3 is 15.1 Å². The number of hydrogen-bond acceptors (Lipinski definition) is 4. The van der Waals surface area contributed by atoms with E-state index in [1.807, 2.05) is 12.3 Å². The van der Waals surface area contributed by atoms with Crippen molar-refractivity contribution in [2.75, 3.05) is 44.7 Å². The van der Waals surface area contributed by atoms with Crippen LogP contribution in [0.1, 0.15) is 31.9 Å². The van der Waals surface area contributed by atoms with Gasteiger partial charge in [0, 0.05) is 37.4 Å². The molecular formula is C15H26N4. The van der Waals surface area contributed by atoms with Crippen molar-refractivity contribution in [3.8, 4) is 0 Å². The first-order valence-electron chi connectivity index (χ1n) is 7.34. The molecule has 1 aliphatic heterocycles. The molecule has 0 bridgehead atoms. The number of anilines is 1. The Hall–Kier alpha value is -1.13. The molecule has 1 atom stereocenters. The lowest BCUT2D eigenvalue weighted by Crippen LogP contribution is -2.31. The van der Waals surface area contributed by atoms with E-state index in [0.717, 1.165) is 32.0 Å². The van der Waals surface area contributed by atoms with Crippen LogP contribution in [0.4, 0.5) is 5.82 Å². The minimum absolute atomic E-state index is 0.356. The SMILES string of the molecule is CCNC(C)c1cccnc1N1CCCN(C)CC1. The van der Waals surface area contributed by atoms with Gasteiger partial charge in [-0.25, -0.2) is 4.98 Å². The van der Waals surface area contributed by atoms with Gasteiger partial charge in [0.15, 0.2) is 0 Å². The van der Waals surface area contributed by atoms with E-state index >= 15 is 0 Å². The molecule has 1 aromatic rings. The van der Waals surface area contributed by atoms with Crippen molar-refractivity contribution in [1.82, 2.24) is 15.2 Å². The van der Waals surface area contributed by atoms with Crippen LogP contribution >= 0.6 is 0 Å². The standard InChI is InChI=1S/C15H26N4/c1-4-16-13(2)14-7-5-8-17-15(14)19-10-6-9-18(3)11-12-19/h5,7-8,13,16H,4,6,9-12H2,1-3H3. The minimum atomic E-state index is 0.356. The summed E-state index contributed by atoms with van der Waals surface area (Å²) >= 11 is 0. The highest BCUT2D eigenvalue weighted by Crippen LogP contribution is 2.24. The molecule has 1 aliphatic rings. The van der Waals surface area contributed by atoms with Crippen molar-refractivity contribution in [3.63, 3.8) is 0 Å². The van der Waals surface area contributed by atoms with Gasteiger partial charge in [0.2, 0.25) is 0 Å². The molecule has 0 aromatic carbocycles. The lowest BCUT2D eigenvalue weighted by molar-refractivity contribution is 0.360. The molecule has 4 heteroatoms. The van der Waals surface area contributed by atoms with Crippen LogP contribution in [0.5, 0.6) is 0 Å². The number of likely N-dealkylation sites (N-methyl/N-ethyl adjacent to an activating group) is 1. The highest BCUT2D eigenvalue weighted by atomic mass is 15.2. The summed E-state index contributed by atoms with van der Waals surface area (Å²) < 4.78 is 0. The number of pyridine rings is 1. The molecule has 0 saturated carbocycles. The second-order valence-electron chi connectivity index (χ2n) is 5.34. The summed E-state index contributed by atoms with van der Waals surface area (Å²) in [5, 5.41) is 3.49. The normalized spacial score (nSPS) is 19.2. The molecule has 0 aliphatic carbocycles. The maximum Gasteiger partial charge on any atom is 0.133 e. The molecule has 0 spiro atoms. The van der Waals surface area contributed by atoms with Crippen LogP contribution < -0.4 is 10.2 Å². The summed E-state index contributed by atoms with van der Waals surface area (Å²) in [6.45, 7) is 9.82. The molecule has 1 aromatic heterocycles. The van der Waals surface area contributed by atoms with E-state index in [4.69, 9.17) is 0 Å². The highest BCUT2D eigenvalue weighted by molar-refractivity contribution is 5.48. The molecule has 0 radical (unpaired) electrons. The third-order valence-corrected chi connectivity index (χ3v) is 3.81. The van der Waals surface area contributed by atoms with Gasteiger partial charge in [0.25, 0.3) is 0 Å². The smallest absolute Gasteiger partial charge is 0.133 e. The number of rotatable bonds is 4. The van der Waals surface area contributed by atoms with E-state index in [0.29, 0.717) is 6.04 Å². The van der Waals surface area contributed by atoms with Gasteiger partial charge in [0.05, 0.1) is 0 Å². The topological polar surface area (TPSA) is 31.4 Å². The maximum absolute atomic E-state index is 4.64. The number of nitrogens with one attached hydrogen (secondary N) is 1. The Morgan fingerprint density at radius 2 is 2.16 bits per heavy atom. The number of nitrogens with zero attached hydrogens (tertiary/aromatic N) is 3. The first-order chi connectivity index (χ1) is 9.22. The molecule has 0 amide bonds. The summed E-state index contributed by atoms with van der Waals surface area (Å²) in [7, 11) is 2.20. The summed E-state index contributed by atoms with van der Waals surface area (Å²) in [6, 6.07) is 4.59. The van der Waals surface area contributed by atoms with Crippen molar-refractivity contribution in [2.24, 2.45) is 0 Å². The van der Waals surface area contributed by atoms with Crippen LogP contribution in [-0.4, -0.2) is 49.7 Å². The van der Waals surface area contributed by atoms with Gasteiger partial charge in [-0.1, -0.05) is 13.0 Å². The zero-order valence-electron chi connectivity index (χ0n) is 12.4. The molecule has 1 saturated heterocycles. The maximum atomic E-state index is 4.64. The minimum Gasteiger partial charge on any atom is -0.355 e. The van der Waals surface area contributed by atoms with E-state index in [2.05, 4.69) is 47.1 Å². The second-order valence-corrected chi connectivity index (χ2v) is 5.34. The van der Waals surface area contributed by atoms with Crippen molar-refractivity contribution in [2.45, 2.75) is 26.3 Å². The Morgan fingerprint density at radius 3 is 2.95 bits per heavy atom. The fourth-order valence-electron chi connectivity index (χ4n) is 2.69. The fraction of sp³-hybridized carbons (Fsp3) is 0.667. The van der Waals surface area contributed by atoms with Crippen LogP contribution in [0.3, 0.4) is 0 Å². The average molecular weight is 262 g/mol. The first-order valence-corrected chi connectivity index (χ1v) is 7.34. The molecular weight excluding hydrogens is 236 g/mol. The fourth-order valence-corrected chi connectivity index (χ4v) is 2.69. The second kappa shape index (κ2) is 6.87. The van der Waals surface area contributed by atoms with Gasteiger partial charge in [0.1, 0.15) is 5.82 Å². The molecule has 2 rings (SSSR count). The predicted octanol–water partition coefficient (Wildman–Crippen LogP) is 1.89. The molecule has 19 heavy (non-hydrogen) atoms. The Labute approximate surface area is 116 Å². The van der Waals surface area contributed by atoms with Gasteiger partial charge in [-0.15, -0.1) is 0 Å².